The topological polar surface area (TPSA) is 39.7 Å². The van der Waals surface area contributed by atoms with Crippen LogP contribution < -0.4 is 10.6 Å². The van der Waals surface area contributed by atoms with Crippen LogP contribution >= 0.6 is 24.0 Å². The Bertz CT molecular complexity index is 432. The highest BCUT2D eigenvalue weighted by Crippen LogP contribution is 2.10. The van der Waals surface area contributed by atoms with E-state index in [1.807, 2.05) is 7.05 Å². The monoisotopic (exact) mass is 418 g/mol. The molecule has 0 aromatic heterocycles. The molecule has 1 aromatic carbocycles. The summed E-state index contributed by atoms with van der Waals surface area (Å²) in [6, 6.07) is 8.55. The van der Waals surface area contributed by atoms with Crippen molar-refractivity contribution in [3.63, 3.8) is 0 Å². The molecule has 0 heterocycles. The van der Waals surface area contributed by atoms with E-state index < -0.39 is 0 Å². The maximum absolute atomic E-state index is 4.28. The first-order chi connectivity index (χ1) is 10.2. The Hall–Kier alpha value is -0.820. The summed E-state index contributed by atoms with van der Waals surface area (Å²) in [6.45, 7) is 4.96. The molecule has 0 aliphatic heterocycles. The third kappa shape index (κ3) is 8.58. The van der Waals surface area contributed by atoms with Crippen LogP contribution in [-0.4, -0.2) is 38.5 Å². The van der Waals surface area contributed by atoms with Crippen LogP contribution in [0, 0.1) is 0 Å². The minimum Gasteiger partial charge on any atom is -0.356 e. The zero-order chi connectivity index (χ0) is 15.5. The molecule has 0 fully saturated rings. The first-order valence-electron chi connectivity index (χ1n) is 7.83. The number of guanidine groups is 1. The van der Waals surface area contributed by atoms with Gasteiger partial charge in [0.15, 0.2) is 5.96 Å². The average molecular weight is 418 g/mol. The number of rotatable bonds is 8. The molecule has 0 amide bonds. The second kappa shape index (κ2) is 12.7. The lowest BCUT2D eigenvalue weighted by Gasteiger charge is -2.16. The molecule has 22 heavy (non-hydrogen) atoms. The van der Waals surface area contributed by atoms with Crippen molar-refractivity contribution in [1.29, 1.82) is 0 Å². The van der Waals surface area contributed by atoms with Gasteiger partial charge in [-0.3, -0.25) is 4.99 Å². The first kappa shape index (κ1) is 21.2. The van der Waals surface area contributed by atoms with Gasteiger partial charge in [0.25, 0.3) is 0 Å². The second-order valence-electron chi connectivity index (χ2n) is 5.57. The lowest BCUT2D eigenvalue weighted by Crippen LogP contribution is -2.37. The van der Waals surface area contributed by atoms with Crippen molar-refractivity contribution in [2.45, 2.75) is 39.3 Å². The average Bonchev–Trinajstić information content (AvgIpc) is 2.47. The van der Waals surface area contributed by atoms with Crippen molar-refractivity contribution in [3.8, 4) is 0 Å². The van der Waals surface area contributed by atoms with E-state index in [1.165, 1.54) is 30.4 Å². The van der Waals surface area contributed by atoms with Gasteiger partial charge >= 0.3 is 0 Å². The summed E-state index contributed by atoms with van der Waals surface area (Å²) in [5.74, 6) is 0.880. The van der Waals surface area contributed by atoms with Gasteiger partial charge in [-0.25, -0.2) is 0 Å². The lowest BCUT2D eigenvalue weighted by molar-refractivity contribution is 0.400. The van der Waals surface area contributed by atoms with Crippen molar-refractivity contribution < 1.29 is 0 Å². The van der Waals surface area contributed by atoms with E-state index >= 15 is 0 Å². The van der Waals surface area contributed by atoms with Gasteiger partial charge in [0.2, 0.25) is 0 Å². The highest BCUT2D eigenvalue weighted by Gasteiger charge is 2.04. The molecule has 1 rings (SSSR count). The number of aliphatic imine (C=N–C) groups is 1. The molecule has 4 nitrogen and oxygen atoms in total. The molecule has 126 valence electrons. The maximum Gasteiger partial charge on any atom is 0.191 e. The summed E-state index contributed by atoms with van der Waals surface area (Å²) < 4.78 is 0. The molecular formula is C17H31IN4. The van der Waals surface area contributed by atoms with Crippen molar-refractivity contribution in [2.75, 3.05) is 27.7 Å². The number of nitrogens with one attached hydrogen (secondary N) is 2. The zero-order valence-corrected chi connectivity index (χ0v) is 16.7. The predicted octanol–water partition coefficient (Wildman–Crippen LogP) is 3.22. The minimum atomic E-state index is 0. The molecule has 0 aliphatic rings. The first-order valence-corrected chi connectivity index (χ1v) is 7.83. The maximum atomic E-state index is 4.28. The molecule has 0 unspecified atom stereocenters. The van der Waals surface area contributed by atoms with Crippen LogP contribution in [-0.2, 0) is 13.1 Å². The Morgan fingerprint density at radius 3 is 2.36 bits per heavy atom. The fraction of sp³-hybridized carbons (Fsp3) is 0.588. The molecule has 0 atom stereocenters. The smallest absolute Gasteiger partial charge is 0.191 e. The van der Waals surface area contributed by atoms with E-state index in [2.05, 4.69) is 65.8 Å². The Balaban J connectivity index is 0.00000441. The zero-order valence-electron chi connectivity index (χ0n) is 14.4. The number of hydrogen-bond acceptors (Lipinski definition) is 2. The third-order valence-corrected chi connectivity index (χ3v) is 3.35. The Labute approximate surface area is 152 Å². The Morgan fingerprint density at radius 2 is 1.77 bits per heavy atom. The van der Waals surface area contributed by atoms with Gasteiger partial charge in [-0.1, -0.05) is 44.0 Å². The molecule has 1 aromatic rings. The van der Waals surface area contributed by atoms with Gasteiger partial charge in [0.05, 0.1) is 0 Å². The predicted molar refractivity (Wildman–Crippen MR) is 107 cm³/mol. The fourth-order valence-corrected chi connectivity index (χ4v) is 2.21. The summed E-state index contributed by atoms with van der Waals surface area (Å²) in [7, 11) is 6.01. The number of nitrogens with zero attached hydrogens (tertiary/aromatic N) is 2. The standard InChI is InChI=1S/C17H30N4.HI/c1-5-6-9-12-19-17(18-2)20-13-15-10-7-8-11-16(15)14-21(3)4;/h7-8,10-11H,5-6,9,12-14H2,1-4H3,(H2,18,19,20);1H. The molecule has 0 saturated carbocycles. The minimum absolute atomic E-state index is 0. The number of hydrogen-bond donors (Lipinski definition) is 2. The van der Waals surface area contributed by atoms with E-state index in [9.17, 15) is 0 Å². The Kier molecular flexibility index (Phi) is 12.2. The van der Waals surface area contributed by atoms with Crippen molar-refractivity contribution >= 4 is 29.9 Å². The van der Waals surface area contributed by atoms with Crippen LogP contribution in [0.15, 0.2) is 29.3 Å². The number of unbranched alkanes of at least 4 members (excludes halogenated alkanes) is 2. The van der Waals surface area contributed by atoms with E-state index in [0.717, 1.165) is 25.6 Å². The van der Waals surface area contributed by atoms with Gasteiger partial charge in [-0.2, -0.15) is 0 Å². The van der Waals surface area contributed by atoms with Gasteiger partial charge < -0.3 is 15.5 Å². The van der Waals surface area contributed by atoms with E-state index in [0.29, 0.717) is 0 Å². The van der Waals surface area contributed by atoms with Crippen molar-refractivity contribution in [3.05, 3.63) is 35.4 Å². The normalized spacial score (nSPS) is 11.2. The van der Waals surface area contributed by atoms with E-state index in [-0.39, 0.29) is 24.0 Å². The summed E-state index contributed by atoms with van der Waals surface area (Å²) in [6.07, 6.45) is 3.69. The van der Waals surface area contributed by atoms with Crippen LogP contribution in [0.1, 0.15) is 37.3 Å². The van der Waals surface area contributed by atoms with Crippen LogP contribution in [0.4, 0.5) is 0 Å². The second-order valence-corrected chi connectivity index (χ2v) is 5.57. The van der Waals surface area contributed by atoms with Gasteiger partial charge in [0, 0.05) is 26.7 Å². The van der Waals surface area contributed by atoms with Gasteiger partial charge in [-0.05, 0) is 31.6 Å². The van der Waals surface area contributed by atoms with Gasteiger partial charge in [0.1, 0.15) is 0 Å². The molecule has 2 N–H and O–H groups in total. The molecule has 0 saturated heterocycles. The largest absolute Gasteiger partial charge is 0.356 e. The van der Waals surface area contributed by atoms with Crippen molar-refractivity contribution in [1.82, 2.24) is 15.5 Å². The number of halogens is 1. The van der Waals surface area contributed by atoms with Crippen LogP contribution in [0.5, 0.6) is 0 Å². The molecule has 0 aliphatic carbocycles. The highest BCUT2D eigenvalue weighted by molar-refractivity contribution is 14.0. The third-order valence-electron chi connectivity index (χ3n) is 3.35. The highest BCUT2D eigenvalue weighted by atomic mass is 127. The molecule has 5 heteroatoms. The molecule has 0 radical (unpaired) electrons. The summed E-state index contributed by atoms with van der Waals surface area (Å²) in [5.41, 5.74) is 2.68. The number of benzene rings is 1. The summed E-state index contributed by atoms with van der Waals surface area (Å²) in [4.78, 5) is 6.47. The molecular weight excluding hydrogens is 387 g/mol. The molecule has 0 bridgehead atoms. The summed E-state index contributed by atoms with van der Waals surface area (Å²) in [5, 5.41) is 6.76. The van der Waals surface area contributed by atoms with Gasteiger partial charge in [-0.15, -0.1) is 24.0 Å². The summed E-state index contributed by atoms with van der Waals surface area (Å²) >= 11 is 0. The van der Waals surface area contributed by atoms with Crippen LogP contribution in [0.3, 0.4) is 0 Å². The lowest BCUT2D eigenvalue weighted by atomic mass is 10.1. The van der Waals surface area contributed by atoms with Crippen LogP contribution in [0.2, 0.25) is 0 Å². The SMILES string of the molecule is CCCCCNC(=NC)NCc1ccccc1CN(C)C.I. The fourth-order valence-electron chi connectivity index (χ4n) is 2.21. The molecule has 0 spiro atoms. The quantitative estimate of drug-likeness (QED) is 0.295. The Morgan fingerprint density at radius 1 is 1.09 bits per heavy atom. The van der Waals surface area contributed by atoms with E-state index in [4.69, 9.17) is 0 Å². The van der Waals surface area contributed by atoms with Crippen molar-refractivity contribution in [2.24, 2.45) is 4.99 Å². The van der Waals surface area contributed by atoms with Crippen LogP contribution in [0.25, 0.3) is 0 Å². The van der Waals surface area contributed by atoms with E-state index in [1.54, 1.807) is 0 Å².